The number of anilines is 1. The summed E-state index contributed by atoms with van der Waals surface area (Å²) in [7, 11) is 1.40. The lowest BCUT2D eigenvalue weighted by molar-refractivity contribution is 0.0696. The van der Waals surface area contributed by atoms with E-state index in [1.54, 1.807) is 24.3 Å². The van der Waals surface area contributed by atoms with Crippen molar-refractivity contribution in [2.75, 3.05) is 12.4 Å². The second kappa shape index (κ2) is 9.09. The highest BCUT2D eigenvalue weighted by Crippen LogP contribution is 2.36. The molecule has 166 valence electrons. The van der Waals surface area contributed by atoms with Crippen molar-refractivity contribution in [1.29, 1.82) is 0 Å². The molecule has 32 heavy (non-hydrogen) atoms. The SMILES string of the molecule is COc1cc(F)ccc1Oc1cc(C(C)(C)C)ccc1C(=O)Nc1cccc(C(=O)O)c1. The first-order valence-corrected chi connectivity index (χ1v) is 9.89. The molecule has 0 bridgehead atoms. The second-order valence-corrected chi connectivity index (χ2v) is 8.20. The van der Waals surface area contributed by atoms with Crippen LogP contribution in [-0.2, 0) is 5.41 Å². The molecule has 0 saturated carbocycles. The Hall–Kier alpha value is -3.87. The van der Waals surface area contributed by atoms with Crippen LogP contribution >= 0.6 is 0 Å². The van der Waals surface area contributed by atoms with Crippen LogP contribution in [0.5, 0.6) is 17.2 Å². The fourth-order valence-electron chi connectivity index (χ4n) is 3.03. The number of rotatable bonds is 6. The lowest BCUT2D eigenvalue weighted by atomic mass is 9.86. The number of amides is 1. The third-order valence-electron chi connectivity index (χ3n) is 4.81. The van der Waals surface area contributed by atoms with Gasteiger partial charge in [-0.1, -0.05) is 32.9 Å². The van der Waals surface area contributed by atoms with Gasteiger partial charge in [0.1, 0.15) is 11.6 Å². The standard InChI is InChI=1S/C25H24FNO5/c1-25(2,3)16-8-10-19(23(28)27-18-7-5-6-15(12-18)24(29)30)21(13-16)32-20-11-9-17(26)14-22(20)31-4/h5-14H,1-4H3,(H,27,28)(H,29,30). The molecule has 3 aromatic carbocycles. The minimum atomic E-state index is -1.09. The number of nitrogens with one attached hydrogen (secondary N) is 1. The van der Waals surface area contributed by atoms with E-state index in [4.69, 9.17) is 9.47 Å². The molecule has 0 aliphatic rings. The van der Waals surface area contributed by atoms with E-state index in [1.165, 1.54) is 37.4 Å². The van der Waals surface area contributed by atoms with Gasteiger partial charge in [0, 0.05) is 11.8 Å². The van der Waals surface area contributed by atoms with Gasteiger partial charge in [-0.05, 0) is 53.4 Å². The van der Waals surface area contributed by atoms with Gasteiger partial charge < -0.3 is 19.9 Å². The number of carbonyl (C=O) groups excluding carboxylic acids is 1. The van der Waals surface area contributed by atoms with Crippen LogP contribution in [0.15, 0.2) is 60.7 Å². The molecule has 6 nitrogen and oxygen atoms in total. The van der Waals surface area contributed by atoms with Gasteiger partial charge in [-0.15, -0.1) is 0 Å². The molecule has 7 heteroatoms. The molecule has 0 spiro atoms. The van der Waals surface area contributed by atoms with Crippen molar-refractivity contribution in [2.45, 2.75) is 26.2 Å². The summed E-state index contributed by atoms with van der Waals surface area (Å²) in [5, 5.41) is 11.9. The summed E-state index contributed by atoms with van der Waals surface area (Å²) in [5.74, 6) is -1.36. The number of hydrogen-bond donors (Lipinski definition) is 2. The molecular formula is C25H24FNO5. The molecule has 0 aliphatic carbocycles. The van der Waals surface area contributed by atoms with Crippen LogP contribution in [-0.4, -0.2) is 24.1 Å². The van der Waals surface area contributed by atoms with Crippen molar-refractivity contribution in [3.63, 3.8) is 0 Å². The molecule has 0 fully saturated rings. The Labute approximate surface area is 185 Å². The number of benzene rings is 3. The average molecular weight is 437 g/mol. The van der Waals surface area contributed by atoms with Gasteiger partial charge in [-0.2, -0.15) is 0 Å². The largest absolute Gasteiger partial charge is 0.493 e. The monoisotopic (exact) mass is 437 g/mol. The Bertz CT molecular complexity index is 1170. The number of hydrogen-bond acceptors (Lipinski definition) is 4. The number of aromatic carboxylic acids is 1. The molecule has 0 heterocycles. The van der Waals surface area contributed by atoms with E-state index in [2.05, 4.69) is 5.32 Å². The van der Waals surface area contributed by atoms with E-state index in [0.717, 1.165) is 5.56 Å². The molecule has 3 rings (SSSR count). The van der Waals surface area contributed by atoms with Gasteiger partial charge in [0.05, 0.1) is 18.2 Å². The summed E-state index contributed by atoms with van der Waals surface area (Å²) in [5.41, 5.74) is 1.33. The van der Waals surface area contributed by atoms with Gasteiger partial charge in [-0.25, -0.2) is 9.18 Å². The molecule has 0 atom stereocenters. The van der Waals surface area contributed by atoms with Gasteiger partial charge in [0.15, 0.2) is 11.5 Å². The Kier molecular flexibility index (Phi) is 6.48. The van der Waals surface area contributed by atoms with Crippen LogP contribution in [0.4, 0.5) is 10.1 Å². The number of carboxylic acids is 1. The van der Waals surface area contributed by atoms with Gasteiger partial charge in [-0.3, -0.25) is 4.79 Å². The summed E-state index contributed by atoms with van der Waals surface area (Å²) in [6.07, 6.45) is 0. The maximum Gasteiger partial charge on any atom is 0.335 e. The van der Waals surface area contributed by atoms with Gasteiger partial charge >= 0.3 is 5.97 Å². The summed E-state index contributed by atoms with van der Waals surface area (Å²) in [6.45, 7) is 6.09. The van der Waals surface area contributed by atoms with Crippen LogP contribution in [0, 0.1) is 5.82 Å². The van der Waals surface area contributed by atoms with Crippen LogP contribution in [0.1, 0.15) is 47.1 Å². The number of halogens is 1. The quantitative estimate of drug-likeness (QED) is 0.503. The van der Waals surface area contributed by atoms with E-state index >= 15 is 0 Å². The van der Waals surface area contributed by atoms with Crippen LogP contribution in [0.25, 0.3) is 0 Å². The van der Waals surface area contributed by atoms with Crippen LogP contribution in [0.2, 0.25) is 0 Å². The lowest BCUT2D eigenvalue weighted by Crippen LogP contribution is -2.16. The topological polar surface area (TPSA) is 84.9 Å². The first-order valence-electron chi connectivity index (χ1n) is 9.89. The highest BCUT2D eigenvalue weighted by atomic mass is 19.1. The van der Waals surface area contributed by atoms with E-state index in [9.17, 15) is 19.1 Å². The summed E-state index contributed by atoms with van der Waals surface area (Å²) >= 11 is 0. The molecule has 0 saturated heterocycles. The summed E-state index contributed by atoms with van der Waals surface area (Å²) in [4.78, 5) is 24.3. The smallest absolute Gasteiger partial charge is 0.335 e. The third kappa shape index (κ3) is 5.24. The molecule has 0 aromatic heterocycles. The van der Waals surface area contributed by atoms with E-state index in [1.807, 2.05) is 26.8 Å². The summed E-state index contributed by atoms with van der Waals surface area (Å²) in [6, 6.07) is 15.0. The molecule has 0 unspecified atom stereocenters. The first-order chi connectivity index (χ1) is 15.1. The Morgan fingerprint density at radius 2 is 1.69 bits per heavy atom. The van der Waals surface area contributed by atoms with Gasteiger partial charge in [0.2, 0.25) is 0 Å². The fourth-order valence-corrected chi connectivity index (χ4v) is 3.03. The maximum absolute atomic E-state index is 13.6. The van der Waals surface area contributed by atoms with E-state index < -0.39 is 17.7 Å². The normalized spacial score (nSPS) is 11.0. The summed E-state index contributed by atoms with van der Waals surface area (Å²) < 4.78 is 24.8. The highest BCUT2D eigenvalue weighted by Gasteiger charge is 2.21. The van der Waals surface area contributed by atoms with Crippen molar-refractivity contribution in [3.05, 3.63) is 83.2 Å². The van der Waals surface area contributed by atoms with Crippen LogP contribution < -0.4 is 14.8 Å². The molecule has 3 aromatic rings. The minimum Gasteiger partial charge on any atom is -0.493 e. The fraction of sp³-hybridized carbons (Fsp3) is 0.200. The minimum absolute atomic E-state index is 0.0541. The molecule has 0 aliphatic heterocycles. The third-order valence-corrected chi connectivity index (χ3v) is 4.81. The number of carboxylic acid groups (broad SMARTS) is 1. The van der Waals surface area contributed by atoms with Crippen molar-refractivity contribution in [1.82, 2.24) is 0 Å². The zero-order valence-electron chi connectivity index (χ0n) is 18.2. The molecule has 2 N–H and O–H groups in total. The van der Waals surface area contributed by atoms with Crippen LogP contribution in [0.3, 0.4) is 0 Å². The van der Waals surface area contributed by atoms with E-state index in [0.29, 0.717) is 5.69 Å². The molecule has 0 radical (unpaired) electrons. The van der Waals surface area contributed by atoms with Crippen molar-refractivity contribution in [3.8, 4) is 17.2 Å². The Morgan fingerprint density at radius 3 is 2.34 bits per heavy atom. The van der Waals surface area contributed by atoms with Crippen molar-refractivity contribution in [2.24, 2.45) is 0 Å². The predicted molar refractivity (Wildman–Crippen MR) is 120 cm³/mol. The Morgan fingerprint density at radius 1 is 0.938 bits per heavy atom. The Balaban J connectivity index is 2.01. The number of ether oxygens (including phenoxy) is 2. The maximum atomic E-state index is 13.6. The number of methoxy groups -OCH3 is 1. The zero-order chi connectivity index (χ0) is 23.5. The number of carbonyl (C=O) groups is 2. The van der Waals surface area contributed by atoms with Gasteiger partial charge in [0.25, 0.3) is 5.91 Å². The predicted octanol–water partition coefficient (Wildman–Crippen LogP) is 5.87. The first kappa shape index (κ1) is 22.8. The average Bonchev–Trinajstić information content (AvgIpc) is 2.74. The van der Waals surface area contributed by atoms with Crippen molar-refractivity contribution >= 4 is 17.6 Å². The zero-order valence-corrected chi connectivity index (χ0v) is 18.2. The highest BCUT2D eigenvalue weighted by molar-refractivity contribution is 6.06. The molecule has 1 amide bonds. The van der Waals surface area contributed by atoms with Crippen molar-refractivity contribution < 1.29 is 28.6 Å². The van der Waals surface area contributed by atoms with E-state index in [-0.39, 0.29) is 33.8 Å². The molecular weight excluding hydrogens is 413 g/mol. The lowest BCUT2D eigenvalue weighted by Gasteiger charge is -2.21. The second-order valence-electron chi connectivity index (χ2n) is 8.20.